The lowest BCUT2D eigenvalue weighted by molar-refractivity contribution is -0.139. The largest absolute Gasteiger partial charge is 0.352 e. The monoisotopic (exact) mass is 347 g/mol. The van der Waals surface area contributed by atoms with Gasteiger partial charge in [-0.1, -0.05) is 6.42 Å². The standard InChI is InChI=1S/C17H25N5O3/c23-15(20-10-4-5-13(20)16(24)18-12-7-8-12)11-22-17(25)21-9-3-1-2-6-14(21)19-22/h12-13H,1-11H2,(H,18,24). The summed E-state index contributed by atoms with van der Waals surface area (Å²) in [5.41, 5.74) is -0.205. The Morgan fingerprint density at radius 3 is 2.72 bits per heavy atom. The zero-order valence-corrected chi connectivity index (χ0v) is 14.4. The number of hydrogen-bond acceptors (Lipinski definition) is 4. The van der Waals surface area contributed by atoms with Gasteiger partial charge in [0.25, 0.3) is 0 Å². The number of fused-ring (bicyclic) bond motifs is 1. The van der Waals surface area contributed by atoms with Crippen LogP contribution in [0.5, 0.6) is 0 Å². The van der Waals surface area contributed by atoms with Crippen molar-refractivity contribution in [2.75, 3.05) is 6.54 Å². The molecule has 0 radical (unpaired) electrons. The predicted molar refractivity (Wildman–Crippen MR) is 89.9 cm³/mol. The van der Waals surface area contributed by atoms with Crippen molar-refractivity contribution < 1.29 is 9.59 Å². The minimum Gasteiger partial charge on any atom is -0.352 e. The minimum atomic E-state index is -0.399. The lowest BCUT2D eigenvalue weighted by Gasteiger charge is -2.23. The number of likely N-dealkylation sites (tertiary alicyclic amines) is 1. The van der Waals surface area contributed by atoms with Crippen LogP contribution in [0.4, 0.5) is 0 Å². The molecule has 1 aromatic heterocycles. The molecule has 25 heavy (non-hydrogen) atoms. The molecule has 4 rings (SSSR count). The molecular formula is C17H25N5O3. The summed E-state index contributed by atoms with van der Waals surface area (Å²) >= 11 is 0. The molecule has 1 atom stereocenters. The van der Waals surface area contributed by atoms with E-state index in [1.165, 1.54) is 4.68 Å². The summed E-state index contributed by atoms with van der Waals surface area (Å²) in [5, 5.41) is 7.35. The topological polar surface area (TPSA) is 89.2 Å². The molecule has 3 heterocycles. The smallest absolute Gasteiger partial charge is 0.346 e. The number of carbonyl (C=O) groups excluding carboxylic acids is 2. The summed E-state index contributed by atoms with van der Waals surface area (Å²) in [6.45, 7) is 1.18. The van der Waals surface area contributed by atoms with Crippen LogP contribution in [-0.2, 0) is 29.1 Å². The molecule has 8 nitrogen and oxygen atoms in total. The molecule has 136 valence electrons. The fraction of sp³-hybridized carbons (Fsp3) is 0.765. The first-order valence-corrected chi connectivity index (χ1v) is 9.40. The van der Waals surface area contributed by atoms with Crippen molar-refractivity contribution >= 4 is 11.8 Å². The third kappa shape index (κ3) is 3.34. The highest BCUT2D eigenvalue weighted by atomic mass is 16.2. The number of aryl methyl sites for hydroxylation is 1. The molecule has 2 aliphatic heterocycles. The number of nitrogens with zero attached hydrogens (tertiary/aromatic N) is 4. The van der Waals surface area contributed by atoms with Crippen molar-refractivity contribution in [2.24, 2.45) is 0 Å². The second-order valence-electron chi connectivity index (χ2n) is 7.35. The summed E-state index contributed by atoms with van der Waals surface area (Å²) in [5.74, 6) is 0.532. The lowest BCUT2D eigenvalue weighted by Crippen LogP contribution is -2.48. The van der Waals surface area contributed by atoms with Crippen LogP contribution in [-0.4, -0.2) is 49.7 Å². The van der Waals surface area contributed by atoms with Crippen LogP contribution in [0.25, 0.3) is 0 Å². The van der Waals surface area contributed by atoms with Gasteiger partial charge in [0, 0.05) is 25.6 Å². The van der Waals surface area contributed by atoms with Crippen LogP contribution >= 0.6 is 0 Å². The highest BCUT2D eigenvalue weighted by Gasteiger charge is 2.36. The van der Waals surface area contributed by atoms with E-state index >= 15 is 0 Å². The Balaban J connectivity index is 1.46. The van der Waals surface area contributed by atoms with Gasteiger partial charge in [0.05, 0.1) is 0 Å². The van der Waals surface area contributed by atoms with Crippen LogP contribution in [0.2, 0.25) is 0 Å². The van der Waals surface area contributed by atoms with E-state index in [1.807, 2.05) is 0 Å². The molecule has 1 N–H and O–H groups in total. The molecule has 1 saturated heterocycles. The van der Waals surface area contributed by atoms with Crippen molar-refractivity contribution in [1.29, 1.82) is 0 Å². The first-order chi connectivity index (χ1) is 12.1. The average Bonchev–Trinajstić information content (AvgIpc) is 3.25. The lowest BCUT2D eigenvalue weighted by atomic mass is 10.2. The summed E-state index contributed by atoms with van der Waals surface area (Å²) in [4.78, 5) is 39.2. The third-order valence-electron chi connectivity index (χ3n) is 5.37. The number of aromatic nitrogens is 3. The van der Waals surface area contributed by atoms with Gasteiger partial charge in [-0.25, -0.2) is 9.48 Å². The van der Waals surface area contributed by atoms with Crippen LogP contribution in [0.15, 0.2) is 4.79 Å². The first kappa shape index (κ1) is 16.4. The van der Waals surface area contributed by atoms with Gasteiger partial charge in [-0.3, -0.25) is 14.2 Å². The molecule has 1 aliphatic carbocycles. The van der Waals surface area contributed by atoms with Crippen LogP contribution < -0.4 is 11.0 Å². The van der Waals surface area contributed by atoms with Gasteiger partial charge >= 0.3 is 5.69 Å². The van der Waals surface area contributed by atoms with Gasteiger partial charge in [0.2, 0.25) is 11.8 Å². The summed E-state index contributed by atoms with van der Waals surface area (Å²) in [6, 6.07) is -0.110. The molecule has 3 aliphatic rings. The minimum absolute atomic E-state index is 0.0543. The van der Waals surface area contributed by atoms with E-state index in [0.29, 0.717) is 19.5 Å². The van der Waals surface area contributed by atoms with E-state index < -0.39 is 6.04 Å². The summed E-state index contributed by atoms with van der Waals surface area (Å²) < 4.78 is 2.97. The molecule has 0 aromatic carbocycles. The van der Waals surface area contributed by atoms with Crippen molar-refractivity contribution in [3.8, 4) is 0 Å². The van der Waals surface area contributed by atoms with Crippen molar-refractivity contribution in [2.45, 2.75) is 76.5 Å². The number of amides is 2. The Labute approximate surface area is 146 Å². The van der Waals surface area contributed by atoms with E-state index in [1.54, 1.807) is 9.47 Å². The Bertz CT molecular complexity index is 733. The van der Waals surface area contributed by atoms with Crippen LogP contribution in [0.1, 0.15) is 50.8 Å². The van der Waals surface area contributed by atoms with E-state index in [4.69, 9.17) is 0 Å². The van der Waals surface area contributed by atoms with E-state index in [-0.39, 0.29) is 30.1 Å². The third-order valence-corrected chi connectivity index (χ3v) is 5.37. The fourth-order valence-corrected chi connectivity index (χ4v) is 3.81. The molecule has 1 saturated carbocycles. The van der Waals surface area contributed by atoms with Crippen molar-refractivity contribution in [1.82, 2.24) is 24.6 Å². The average molecular weight is 347 g/mol. The number of carbonyl (C=O) groups is 2. The molecule has 2 amide bonds. The molecule has 8 heteroatoms. The molecule has 0 bridgehead atoms. The normalized spacial score (nSPS) is 23.2. The zero-order chi connectivity index (χ0) is 17.4. The van der Waals surface area contributed by atoms with E-state index in [2.05, 4.69) is 10.4 Å². The highest BCUT2D eigenvalue weighted by Crippen LogP contribution is 2.22. The van der Waals surface area contributed by atoms with Gasteiger partial charge in [-0.15, -0.1) is 0 Å². The predicted octanol–water partition coefficient (Wildman–Crippen LogP) is 0.0408. The van der Waals surface area contributed by atoms with Gasteiger partial charge in [-0.05, 0) is 38.5 Å². The van der Waals surface area contributed by atoms with Gasteiger partial charge in [0.1, 0.15) is 18.4 Å². The molecule has 0 spiro atoms. The molecule has 1 unspecified atom stereocenters. The van der Waals surface area contributed by atoms with Crippen molar-refractivity contribution in [3.63, 3.8) is 0 Å². The summed E-state index contributed by atoms with van der Waals surface area (Å²) in [7, 11) is 0. The Morgan fingerprint density at radius 2 is 1.92 bits per heavy atom. The maximum absolute atomic E-state index is 12.7. The van der Waals surface area contributed by atoms with Gasteiger partial charge in [0.15, 0.2) is 0 Å². The zero-order valence-electron chi connectivity index (χ0n) is 14.4. The maximum atomic E-state index is 12.7. The quantitative estimate of drug-likeness (QED) is 0.833. The maximum Gasteiger partial charge on any atom is 0.346 e. The summed E-state index contributed by atoms with van der Waals surface area (Å²) in [6.07, 6.45) is 7.47. The van der Waals surface area contributed by atoms with Crippen molar-refractivity contribution in [3.05, 3.63) is 16.3 Å². The fourth-order valence-electron chi connectivity index (χ4n) is 3.81. The van der Waals surface area contributed by atoms with E-state index in [9.17, 15) is 14.4 Å². The SMILES string of the molecule is O=C(NC1CC1)C1CCCN1C(=O)Cn1nc2n(c1=O)CCCCC2. The molecular weight excluding hydrogens is 322 g/mol. The number of rotatable bonds is 4. The number of hydrogen-bond donors (Lipinski definition) is 1. The molecule has 1 aromatic rings. The van der Waals surface area contributed by atoms with Crippen LogP contribution in [0.3, 0.4) is 0 Å². The molecule has 2 fully saturated rings. The number of nitrogens with one attached hydrogen (secondary N) is 1. The second-order valence-corrected chi connectivity index (χ2v) is 7.35. The highest BCUT2D eigenvalue weighted by molar-refractivity contribution is 5.88. The first-order valence-electron chi connectivity index (χ1n) is 9.40. The Morgan fingerprint density at radius 1 is 1.08 bits per heavy atom. The van der Waals surface area contributed by atoms with Gasteiger partial charge < -0.3 is 10.2 Å². The second kappa shape index (κ2) is 6.65. The van der Waals surface area contributed by atoms with Gasteiger partial charge in [-0.2, -0.15) is 5.10 Å². The Kier molecular flexibility index (Phi) is 4.35. The Hall–Kier alpha value is -2.12. The van der Waals surface area contributed by atoms with Crippen LogP contribution in [0, 0.1) is 0 Å². The van der Waals surface area contributed by atoms with E-state index in [0.717, 1.165) is 50.8 Å².